The van der Waals surface area contributed by atoms with Crippen molar-refractivity contribution in [2.45, 2.75) is 18.3 Å². The summed E-state index contributed by atoms with van der Waals surface area (Å²) in [5, 5.41) is 26.6. The van der Waals surface area contributed by atoms with Crippen molar-refractivity contribution in [1.29, 1.82) is 0 Å². The molecule has 0 spiro atoms. The van der Waals surface area contributed by atoms with Gasteiger partial charge in [-0.15, -0.1) is 0 Å². The molecule has 84 valence electrons. The second kappa shape index (κ2) is 5.52. The first kappa shape index (κ1) is 13.7. The summed E-state index contributed by atoms with van der Waals surface area (Å²) in [4.78, 5) is 26.4. The lowest BCUT2D eigenvalue weighted by Crippen LogP contribution is -2.40. The summed E-state index contributed by atoms with van der Waals surface area (Å²) >= 11 is 0. The first-order chi connectivity index (χ1) is 6.28. The smallest absolute Gasteiger partial charge is 0.388 e. The van der Waals surface area contributed by atoms with Gasteiger partial charge in [-0.1, -0.05) is 0 Å². The highest BCUT2D eigenvalue weighted by Crippen LogP contribution is 2.35. The molecule has 0 heterocycles. The van der Waals surface area contributed by atoms with Crippen molar-refractivity contribution in [2.24, 2.45) is 0 Å². The summed E-state index contributed by atoms with van der Waals surface area (Å²) in [6, 6.07) is 0. The lowest BCUT2D eigenvalue weighted by Gasteiger charge is -2.19. The van der Waals surface area contributed by atoms with Gasteiger partial charge in [0.2, 0.25) is 0 Å². The number of phosphoric ester groups is 1. The summed E-state index contributed by atoms with van der Waals surface area (Å²) in [5.41, 5.74) is 0. The highest BCUT2D eigenvalue weighted by Gasteiger charge is 2.27. The van der Waals surface area contributed by atoms with Gasteiger partial charge in [0, 0.05) is 0 Å². The first-order valence-electron chi connectivity index (χ1n) is 3.47. The summed E-state index contributed by atoms with van der Waals surface area (Å²) in [5.74, 6) is 0. The predicted molar refractivity (Wildman–Crippen MR) is 42.1 cm³/mol. The third kappa shape index (κ3) is 5.40. The molecule has 0 fully saturated rings. The van der Waals surface area contributed by atoms with E-state index >= 15 is 0 Å². The van der Waals surface area contributed by atoms with Gasteiger partial charge >= 0.3 is 7.82 Å². The van der Waals surface area contributed by atoms with Gasteiger partial charge in [-0.25, -0.2) is 4.57 Å². The Morgan fingerprint density at radius 1 is 1.29 bits per heavy atom. The van der Waals surface area contributed by atoms with Crippen LogP contribution in [-0.4, -0.2) is 56.3 Å². The van der Waals surface area contributed by atoms with Crippen LogP contribution in [0.25, 0.3) is 0 Å². The number of rotatable bonds is 6. The first-order valence-corrected chi connectivity index (χ1v) is 5.00. The number of hydrogen-bond donors (Lipinski definition) is 5. The fraction of sp³-hybridized carbons (Fsp3) is 0.800. The van der Waals surface area contributed by atoms with Crippen LogP contribution >= 0.6 is 7.82 Å². The number of hydrogen-bond acceptors (Lipinski definition) is 6. The molecule has 1 unspecified atom stereocenters. The van der Waals surface area contributed by atoms with E-state index in [4.69, 9.17) is 25.1 Å². The van der Waals surface area contributed by atoms with Gasteiger partial charge in [0.25, 0.3) is 0 Å². The van der Waals surface area contributed by atoms with Crippen molar-refractivity contribution in [3.8, 4) is 0 Å². The second-order valence-corrected chi connectivity index (χ2v) is 3.71. The molecule has 0 aliphatic rings. The van der Waals surface area contributed by atoms with Gasteiger partial charge < -0.3 is 29.9 Å². The predicted octanol–water partition coefficient (Wildman–Crippen LogP) is -2.62. The largest absolute Gasteiger partial charge is 0.469 e. The van der Waals surface area contributed by atoms with Gasteiger partial charge in [-0.3, -0.25) is 4.52 Å². The quantitative estimate of drug-likeness (QED) is 0.246. The molecule has 3 atom stereocenters. The maximum absolute atomic E-state index is 10.1. The SMILES string of the molecule is O=C[C@H](O)C(O)[C@H](O)COP(=O)(O)O. The minimum atomic E-state index is -4.74. The molecule has 0 saturated heterocycles. The van der Waals surface area contributed by atoms with E-state index in [1.165, 1.54) is 0 Å². The molecule has 0 aliphatic heterocycles. The van der Waals surface area contributed by atoms with Crippen LogP contribution in [0, 0.1) is 0 Å². The van der Waals surface area contributed by atoms with Crippen molar-refractivity contribution < 1.29 is 39.0 Å². The molecule has 0 aromatic rings. The van der Waals surface area contributed by atoms with Gasteiger partial charge in [-0.05, 0) is 0 Å². The Morgan fingerprint density at radius 2 is 1.79 bits per heavy atom. The van der Waals surface area contributed by atoms with Gasteiger partial charge in [0.05, 0.1) is 6.61 Å². The number of aliphatic hydroxyl groups is 3. The summed E-state index contributed by atoms with van der Waals surface area (Å²) < 4.78 is 14.0. The Labute approximate surface area is 79.0 Å². The fourth-order valence-electron chi connectivity index (χ4n) is 0.580. The molecule has 14 heavy (non-hydrogen) atoms. The van der Waals surface area contributed by atoms with E-state index in [0.29, 0.717) is 0 Å². The van der Waals surface area contributed by atoms with E-state index in [9.17, 15) is 9.36 Å². The molecule has 5 N–H and O–H groups in total. The third-order valence-corrected chi connectivity index (χ3v) is 1.78. The lowest BCUT2D eigenvalue weighted by atomic mass is 10.1. The maximum Gasteiger partial charge on any atom is 0.469 e. The molecule has 0 radical (unpaired) electrons. The van der Waals surface area contributed by atoms with Crippen LogP contribution in [0.15, 0.2) is 0 Å². The Morgan fingerprint density at radius 3 is 2.14 bits per heavy atom. The number of carbonyl (C=O) groups excluding carboxylic acids is 1. The van der Waals surface area contributed by atoms with Crippen LogP contribution in [0.4, 0.5) is 0 Å². The maximum atomic E-state index is 10.1. The molecule has 0 rings (SSSR count). The summed E-state index contributed by atoms with van der Waals surface area (Å²) in [7, 11) is -4.74. The monoisotopic (exact) mass is 230 g/mol. The van der Waals surface area contributed by atoms with Crippen LogP contribution in [0.5, 0.6) is 0 Å². The van der Waals surface area contributed by atoms with E-state index in [1.54, 1.807) is 0 Å². The van der Waals surface area contributed by atoms with E-state index in [-0.39, 0.29) is 6.29 Å². The van der Waals surface area contributed by atoms with E-state index in [2.05, 4.69) is 4.52 Å². The number of aliphatic hydroxyl groups excluding tert-OH is 3. The Kier molecular flexibility index (Phi) is 5.38. The molecule has 0 saturated carbocycles. The minimum Gasteiger partial charge on any atom is -0.388 e. The van der Waals surface area contributed by atoms with Crippen molar-refractivity contribution in [1.82, 2.24) is 0 Å². The zero-order valence-electron chi connectivity index (χ0n) is 6.92. The molecule has 8 nitrogen and oxygen atoms in total. The molecule has 0 amide bonds. The lowest BCUT2D eigenvalue weighted by molar-refractivity contribution is -0.127. The normalized spacial score (nSPS) is 18.6. The number of phosphoric acid groups is 1. The summed E-state index contributed by atoms with van der Waals surface area (Å²) in [6.07, 6.45) is -5.46. The van der Waals surface area contributed by atoms with Crippen LogP contribution in [0.1, 0.15) is 0 Å². The van der Waals surface area contributed by atoms with Crippen molar-refractivity contribution in [2.75, 3.05) is 6.61 Å². The molecular formula is C5H11O8P. The molecule has 0 aliphatic carbocycles. The van der Waals surface area contributed by atoms with E-state index in [1.807, 2.05) is 0 Å². The van der Waals surface area contributed by atoms with Crippen molar-refractivity contribution in [3.05, 3.63) is 0 Å². The topological polar surface area (TPSA) is 145 Å². The Bertz CT molecular complexity index is 224. The minimum absolute atomic E-state index is 0.0225. The van der Waals surface area contributed by atoms with Gasteiger partial charge in [-0.2, -0.15) is 0 Å². The summed E-state index contributed by atoms with van der Waals surface area (Å²) in [6.45, 7) is -0.893. The molecule has 0 aromatic carbocycles. The van der Waals surface area contributed by atoms with Crippen LogP contribution in [0.3, 0.4) is 0 Å². The second-order valence-electron chi connectivity index (χ2n) is 2.47. The highest BCUT2D eigenvalue weighted by molar-refractivity contribution is 7.46. The Balaban J connectivity index is 4.02. The van der Waals surface area contributed by atoms with Crippen molar-refractivity contribution >= 4 is 14.1 Å². The van der Waals surface area contributed by atoms with Crippen molar-refractivity contribution in [3.63, 3.8) is 0 Å². The molecule has 0 bridgehead atoms. The molecule has 9 heteroatoms. The number of carbonyl (C=O) groups is 1. The van der Waals surface area contributed by atoms with Gasteiger partial charge in [0.15, 0.2) is 6.29 Å². The van der Waals surface area contributed by atoms with E-state index < -0.39 is 32.7 Å². The Hall–Kier alpha value is -0.340. The molecular weight excluding hydrogens is 219 g/mol. The van der Waals surface area contributed by atoms with Crippen LogP contribution in [0.2, 0.25) is 0 Å². The average Bonchev–Trinajstić information content (AvgIpc) is 2.10. The van der Waals surface area contributed by atoms with Crippen LogP contribution in [-0.2, 0) is 13.9 Å². The standard InChI is InChI=1S/C5H11O8P/c6-1-3(7)5(9)4(8)2-13-14(10,11)12/h1,3-5,7-9H,2H2,(H2,10,11,12)/t3-,4+,5?/m0/s1. The van der Waals surface area contributed by atoms with Gasteiger partial charge in [0.1, 0.15) is 18.3 Å². The fourth-order valence-corrected chi connectivity index (χ4v) is 0.927. The third-order valence-electron chi connectivity index (χ3n) is 1.30. The number of aldehydes is 1. The molecule has 0 aromatic heterocycles. The van der Waals surface area contributed by atoms with E-state index in [0.717, 1.165) is 0 Å². The average molecular weight is 230 g/mol. The highest BCUT2D eigenvalue weighted by atomic mass is 31.2. The zero-order valence-corrected chi connectivity index (χ0v) is 7.82. The van der Waals surface area contributed by atoms with Crippen LogP contribution < -0.4 is 0 Å². The zero-order chi connectivity index (χ0) is 11.4.